The first kappa shape index (κ1) is 9.32. The summed E-state index contributed by atoms with van der Waals surface area (Å²) >= 11 is 0. The molecule has 0 unspecified atom stereocenters. The molecule has 68 valence electrons. The maximum Gasteiger partial charge on any atom is 0.142 e. The Kier molecular flexibility index (Phi) is 3.09. The quantitative estimate of drug-likeness (QED) is 0.522. The largest absolute Gasteiger partial charge is 0.299 e. The molecule has 3 nitrogen and oxygen atoms in total. The van der Waals surface area contributed by atoms with Crippen molar-refractivity contribution >= 4 is 17.3 Å². The van der Waals surface area contributed by atoms with E-state index >= 15 is 0 Å². The fourth-order valence-corrected chi connectivity index (χ4v) is 1.05. The molecule has 1 aromatic heterocycles. The van der Waals surface area contributed by atoms with Crippen molar-refractivity contribution < 1.29 is 4.79 Å². The summed E-state index contributed by atoms with van der Waals surface area (Å²) in [4.78, 5) is 9.06. The molecule has 2 rings (SSSR count). The molecule has 3 heteroatoms. The normalized spacial score (nSPS) is 9.00. The van der Waals surface area contributed by atoms with E-state index in [1.807, 2.05) is 23.9 Å². The number of rotatable bonds is 1. The minimum Gasteiger partial charge on any atom is -0.299 e. The molecule has 0 saturated heterocycles. The van der Waals surface area contributed by atoms with Crippen LogP contribution in [-0.2, 0) is 11.8 Å². The Labute approximate surface area is 76.6 Å². The number of aromatic nitrogens is 2. The van der Waals surface area contributed by atoms with E-state index in [2.05, 4.69) is 23.8 Å². The Morgan fingerprint density at radius 1 is 1.46 bits per heavy atom. The van der Waals surface area contributed by atoms with Crippen LogP contribution in [0.1, 0.15) is 0 Å². The summed E-state index contributed by atoms with van der Waals surface area (Å²) in [5.74, 6) is 0. The van der Waals surface area contributed by atoms with E-state index in [0.717, 1.165) is 0 Å². The number of hydrogen-bond acceptors (Lipinski definition) is 1. The van der Waals surface area contributed by atoms with Crippen molar-refractivity contribution in [1.29, 1.82) is 0 Å². The smallest absolute Gasteiger partial charge is 0.142 e. The highest BCUT2D eigenvalue weighted by Crippen LogP contribution is 2.10. The van der Waals surface area contributed by atoms with Gasteiger partial charge >= 0.3 is 0 Å². The van der Waals surface area contributed by atoms with Gasteiger partial charge in [-0.05, 0) is 18.2 Å². The lowest BCUT2D eigenvalue weighted by Crippen LogP contribution is -2.03. The van der Waals surface area contributed by atoms with Crippen molar-refractivity contribution in [1.82, 2.24) is 9.78 Å². The standard InChI is InChI=1S/C7H8N2.C3H4O/c1-9-7-5-3-2-4-6(7)8-9;1-2-3-4/h2-5,8H,1H3;2-3H,1H2. The van der Waals surface area contributed by atoms with Crippen molar-refractivity contribution in [3.05, 3.63) is 36.9 Å². The fourth-order valence-electron chi connectivity index (χ4n) is 1.05. The van der Waals surface area contributed by atoms with Crippen LogP contribution in [0.15, 0.2) is 36.9 Å². The topological polar surface area (TPSA) is 37.8 Å². The molecule has 0 aliphatic heterocycles. The van der Waals surface area contributed by atoms with E-state index in [9.17, 15) is 0 Å². The number of H-pyrrole nitrogens is 1. The molecule has 0 aliphatic carbocycles. The number of para-hydroxylation sites is 2. The molecular weight excluding hydrogens is 164 g/mol. The second-order valence-electron chi connectivity index (χ2n) is 2.56. The Balaban J connectivity index is 0.000000184. The van der Waals surface area contributed by atoms with Crippen molar-refractivity contribution in [2.24, 2.45) is 7.05 Å². The predicted octanol–water partition coefficient (Wildman–Crippen LogP) is 1.88. The van der Waals surface area contributed by atoms with E-state index in [1.54, 1.807) is 0 Å². The van der Waals surface area contributed by atoms with Crippen molar-refractivity contribution in [3.8, 4) is 0 Å². The summed E-state index contributed by atoms with van der Waals surface area (Å²) in [6.07, 6.45) is 1.83. The van der Waals surface area contributed by atoms with Gasteiger partial charge in [-0.1, -0.05) is 18.7 Å². The number of hydrogen-bond donors (Lipinski definition) is 1. The third-order valence-electron chi connectivity index (χ3n) is 1.65. The average molecular weight is 176 g/mol. The van der Waals surface area contributed by atoms with Crippen LogP contribution in [0.25, 0.3) is 11.0 Å². The molecule has 2 aromatic rings. The van der Waals surface area contributed by atoms with Gasteiger partial charge in [-0.2, -0.15) is 0 Å². The summed E-state index contributed by atoms with van der Waals surface area (Å²) in [7, 11) is 2.00. The van der Waals surface area contributed by atoms with E-state index in [4.69, 9.17) is 4.79 Å². The van der Waals surface area contributed by atoms with Crippen LogP contribution in [0.5, 0.6) is 0 Å². The molecule has 1 heterocycles. The lowest BCUT2D eigenvalue weighted by molar-refractivity contribution is -0.104. The van der Waals surface area contributed by atoms with Crippen LogP contribution in [0.4, 0.5) is 0 Å². The maximum absolute atomic E-state index is 9.06. The second kappa shape index (κ2) is 4.30. The molecule has 0 aliphatic rings. The van der Waals surface area contributed by atoms with Crippen LogP contribution in [-0.4, -0.2) is 16.1 Å². The predicted molar refractivity (Wildman–Crippen MR) is 53.5 cm³/mol. The zero-order chi connectivity index (χ0) is 9.68. The lowest BCUT2D eigenvalue weighted by atomic mass is 10.3. The maximum atomic E-state index is 9.06. The number of carbonyl (C=O) groups is 1. The molecule has 0 fully saturated rings. The highest BCUT2D eigenvalue weighted by atomic mass is 16.1. The summed E-state index contributed by atoms with van der Waals surface area (Å²) in [5.41, 5.74) is 2.50. The molecule has 1 N–H and O–H groups in total. The first-order valence-electron chi connectivity index (χ1n) is 3.95. The van der Waals surface area contributed by atoms with Gasteiger partial charge < -0.3 is 0 Å². The molecule has 0 spiro atoms. The Morgan fingerprint density at radius 3 is 2.46 bits per heavy atom. The number of aryl methyl sites for hydroxylation is 1. The van der Waals surface area contributed by atoms with Gasteiger partial charge in [-0.3, -0.25) is 14.6 Å². The SMILES string of the molecule is C=CC=O.Cn1[nH]c2ccccc21. The Morgan fingerprint density at radius 2 is 2.08 bits per heavy atom. The summed E-state index contributed by atoms with van der Waals surface area (Å²) in [6.45, 7) is 3.11. The van der Waals surface area contributed by atoms with E-state index < -0.39 is 0 Å². The van der Waals surface area contributed by atoms with Gasteiger partial charge in [0.2, 0.25) is 0 Å². The van der Waals surface area contributed by atoms with Gasteiger partial charge in [0.25, 0.3) is 0 Å². The van der Waals surface area contributed by atoms with Gasteiger partial charge in [0.1, 0.15) is 6.29 Å². The Bertz CT molecular complexity index is 392. The van der Waals surface area contributed by atoms with Crippen LogP contribution >= 0.6 is 0 Å². The molecule has 0 atom stereocenters. The molecule has 1 aromatic carbocycles. The number of aldehydes is 1. The highest BCUT2D eigenvalue weighted by molar-refractivity contribution is 5.76. The van der Waals surface area contributed by atoms with Gasteiger partial charge in [0.15, 0.2) is 0 Å². The van der Waals surface area contributed by atoms with Crippen LogP contribution in [0.2, 0.25) is 0 Å². The number of aromatic amines is 1. The van der Waals surface area contributed by atoms with Crippen LogP contribution < -0.4 is 0 Å². The summed E-state index contributed by atoms with van der Waals surface area (Å²) in [6, 6.07) is 8.22. The molecule has 0 radical (unpaired) electrons. The fraction of sp³-hybridized carbons (Fsp3) is 0.100. The number of benzene rings is 1. The van der Waals surface area contributed by atoms with Gasteiger partial charge in [-0.15, -0.1) is 0 Å². The van der Waals surface area contributed by atoms with E-state index in [1.165, 1.54) is 17.1 Å². The molecule has 0 bridgehead atoms. The minimum absolute atomic E-state index is 0.639. The van der Waals surface area contributed by atoms with Gasteiger partial charge in [0.05, 0.1) is 11.0 Å². The number of carbonyl (C=O) groups excluding carboxylic acids is 1. The minimum atomic E-state index is 0.639. The third kappa shape index (κ3) is 2.08. The summed E-state index contributed by atoms with van der Waals surface area (Å²) < 4.78 is 2.00. The lowest BCUT2D eigenvalue weighted by Gasteiger charge is -2.09. The average Bonchev–Trinajstić information content (AvgIpc) is 2.17. The molecular formula is C10H12N2O. The monoisotopic (exact) mass is 176 g/mol. The van der Waals surface area contributed by atoms with Crippen molar-refractivity contribution in [2.75, 3.05) is 0 Å². The summed E-state index contributed by atoms with van der Waals surface area (Å²) in [5, 5.41) is 3.12. The van der Waals surface area contributed by atoms with Crippen molar-refractivity contribution in [3.63, 3.8) is 0 Å². The number of allylic oxidation sites excluding steroid dienone is 1. The highest BCUT2D eigenvalue weighted by Gasteiger charge is 1.95. The number of nitrogens with one attached hydrogen (secondary N) is 1. The number of fused-ring (bicyclic) bond motifs is 1. The first-order chi connectivity index (χ1) is 6.29. The zero-order valence-electron chi connectivity index (χ0n) is 7.53. The molecule has 0 amide bonds. The zero-order valence-corrected chi connectivity index (χ0v) is 7.53. The van der Waals surface area contributed by atoms with Gasteiger partial charge in [-0.25, -0.2) is 0 Å². The van der Waals surface area contributed by atoms with Crippen LogP contribution in [0, 0.1) is 0 Å². The van der Waals surface area contributed by atoms with E-state index in [0.29, 0.717) is 6.29 Å². The first-order valence-corrected chi connectivity index (χ1v) is 3.95. The molecule has 0 saturated carbocycles. The van der Waals surface area contributed by atoms with E-state index in [-0.39, 0.29) is 0 Å². The Hall–Kier alpha value is -1.77. The molecule has 13 heavy (non-hydrogen) atoms. The van der Waals surface area contributed by atoms with Crippen molar-refractivity contribution in [2.45, 2.75) is 0 Å². The second-order valence-corrected chi connectivity index (χ2v) is 2.56. The third-order valence-corrected chi connectivity index (χ3v) is 1.65. The number of nitrogens with zero attached hydrogens (tertiary/aromatic N) is 1. The van der Waals surface area contributed by atoms with Gasteiger partial charge in [0, 0.05) is 7.05 Å². The van der Waals surface area contributed by atoms with Crippen LogP contribution in [0.3, 0.4) is 0 Å².